The maximum Gasteiger partial charge on any atom is 0.169 e. The normalized spacial score (nSPS) is 10.4. The lowest BCUT2D eigenvalue weighted by Gasteiger charge is -1.97. The van der Waals surface area contributed by atoms with E-state index in [2.05, 4.69) is 4.98 Å². The van der Waals surface area contributed by atoms with E-state index in [1.807, 2.05) is 6.92 Å². The minimum atomic E-state index is -0.281. The Morgan fingerprint density at radius 3 is 2.62 bits per heavy atom. The molecule has 2 rings (SSSR count). The van der Waals surface area contributed by atoms with Gasteiger partial charge in [0.1, 0.15) is 11.5 Å². The maximum atomic E-state index is 12.8. The van der Waals surface area contributed by atoms with E-state index in [0.717, 1.165) is 28.2 Å². The summed E-state index contributed by atoms with van der Waals surface area (Å²) in [5.74, 6) is -0.281. The molecule has 0 spiro atoms. The zero-order valence-corrected chi connectivity index (χ0v) is 9.55. The molecular formula is C12H10FNOS. The van der Waals surface area contributed by atoms with Gasteiger partial charge in [0.2, 0.25) is 0 Å². The number of nitrogens with zero attached hydrogens (tertiary/aromatic N) is 1. The maximum absolute atomic E-state index is 12.8. The van der Waals surface area contributed by atoms with E-state index in [-0.39, 0.29) is 5.82 Å². The van der Waals surface area contributed by atoms with Crippen LogP contribution in [0.4, 0.5) is 4.39 Å². The van der Waals surface area contributed by atoms with Gasteiger partial charge in [-0.2, -0.15) is 0 Å². The number of aromatic nitrogens is 1. The van der Waals surface area contributed by atoms with E-state index in [9.17, 15) is 9.18 Å². The third-order valence-corrected chi connectivity index (χ3v) is 3.48. The van der Waals surface area contributed by atoms with E-state index in [0.29, 0.717) is 5.69 Å². The van der Waals surface area contributed by atoms with Crippen molar-refractivity contribution in [2.75, 3.05) is 0 Å². The molecule has 0 N–H and O–H groups in total. The Kier molecular flexibility index (Phi) is 3.10. The van der Waals surface area contributed by atoms with Crippen LogP contribution in [0.1, 0.15) is 22.4 Å². The quantitative estimate of drug-likeness (QED) is 0.764. The Hall–Kier alpha value is -1.55. The number of thiazole rings is 1. The van der Waals surface area contributed by atoms with Crippen LogP contribution < -0.4 is 0 Å². The largest absolute Gasteiger partial charge is 0.296 e. The zero-order valence-electron chi connectivity index (χ0n) is 8.74. The van der Waals surface area contributed by atoms with Gasteiger partial charge >= 0.3 is 0 Å². The van der Waals surface area contributed by atoms with Gasteiger partial charge < -0.3 is 0 Å². The van der Waals surface area contributed by atoms with Gasteiger partial charge in [0.15, 0.2) is 6.29 Å². The van der Waals surface area contributed by atoms with Gasteiger partial charge in [0.05, 0.1) is 9.88 Å². The predicted molar refractivity (Wildman–Crippen MR) is 62.3 cm³/mol. The average molecular weight is 235 g/mol. The Morgan fingerprint density at radius 1 is 1.38 bits per heavy atom. The fourth-order valence-electron chi connectivity index (χ4n) is 1.42. The summed E-state index contributed by atoms with van der Waals surface area (Å²) < 4.78 is 12.8. The first-order chi connectivity index (χ1) is 7.74. The second-order valence-corrected chi connectivity index (χ2v) is 4.38. The number of hydrogen-bond donors (Lipinski definition) is 0. The van der Waals surface area contributed by atoms with Gasteiger partial charge in [-0.25, -0.2) is 9.37 Å². The third kappa shape index (κ3) is 2.02. The standard InChI is InChI=1S/C12H10FNOS/c1-2-11-14-10(7-15)12(16-11)8-3-5-9(13)6-4-8/h3-7H,2H2,1H3. The highest BCUT2D eigenvalue weighted by Gasteiger charge is 2.11. The smallest absolute Gasteiger partial charge is 0.169 e. The van der Waals surface area contributed by atoms with Crippen LogP contribution in [0.15, 0.2) is 24.3 Å². The topological polar surface area (TPSA) is 30.0 Å². The second-order valence-electron chi connectivity index (χ2n) is 3.30. The molecule has 0 aliphatic heterocycles. The number of hydrogen-bond acceptors (Lipinski definition) is 3. The molecule has 2 nitrogen and oxygen atoms in total. The van der Waals surface area contributed by atoms with Crippen molar-refractivity contribution in [2.24, 2.45) is 0 Å². The Labute approximate surface area is 96.8 Å². The molecule has 0 atom stereocenters. The van der Waals surface area contributed by atoms with Crippen LogP contribution in [0.25, 0.3) is 10.4 Å². The highest BCUT2D eigenvalue weighted by molar-refractivity contribution is 7.15. The van der Waals surface area contributed by atoms with Crippen molar-refractivity contribution in [3.8, 4) is 10.4 Å². The second kappa shape index (κ2) is 4.53. The van der Waals surface area contributed by atoms with Crippen molar-refractivity contribution in [1.82, 2.24) is 4.98 Å². The van der Waals surface area contributed by atoms with E-state index in [1.165, 1.54) is 23.5 Å². The summed E-state index contributed by atoms with van der Waals surface area (Å²) in [6, 6.07) is 6.09. The molecule has 0 amide bonds. The SMILES string of the molecule is CCc1nc(C=O)c(-c2ccc(F)cc2)s1. The third-order valence-electron chi connectivity index (χ3n) is 2.22. The summed E-state index contributed by atoms with van der Waals surface area (Å²) in [6.07, 6.45) is 1.54. The molecular weight excluding hydrogens is 225 g/mol. The van der Waals surface area contributed by atoms with Crippen LogP contribution in [0, 0.1) is 5.82 Å². The summed E-state index contributed by atoms with van der Waals surface area (Å²) in [5.41, 5.74) is 1.27. The number of aldehydes is 1. The van der Waals surface area contributed by atoms with Crippen LogP contribution in [-0.2, 0) is 6.42 Å². The van der Waals surface area contributed by atoms with Crippen molar-refractivity contribution in [2.45, 2.75) is 13.3 Å². The summed E-state index contributed by atoms with van der Waals surface area (Å²) >= 11 is 1.48. The first-order valence-corrected chi connectivity index (χ1v) is 5.77. The Bertz CT molecular complexity index is 504. The summed E-state index contributed by atoms with van der Waals surface area (Å²) in [5, 5.41) is 0.918. The lowest BCUT2D eigenvalue weighted by Crippen LogP contribution is -1.85. The Morgan fingerprint density at radius 2 is 2.06 bits per heavy atom. The van der Waals surface area contributed by atoms with Gasteiger partial charge in [0, 0.05) is 0 Å². The van der Waals surface area contributed by atoms with Crippen LogP contribution in [0.3, 0.4) is 0 Å². The zero-order chi connectivity index (χ0) is 11.5. The average Bonchev–Trinajstić information content (AvgIpc) is 2.73. The van der Waals surface area contributed by atoms with Crippen molar-refractivity contribution in [3.05, 3.63) is 40.8 Å². The van der Waals surface area contributed by atoms with E-state index in [4.69, 9.17) is 0 Å². The van der Waals surface area contributed by atoms with Gasteiger partial charge in [-0.15, -0.1) is 11.3 Å². The number of carbonyl (C=O) groups is 1. The molecule has 0 fully saturated rings. The van der Waals surface area contributed by atoms with Gasteiger partial charge in [0.25, 0.3) is 0 Å². The van der Waals surface area contributed by atoms with Crippen molar-refractivity contribution in [1.29, 1.82) is 0 Å². The van der Waals surface area contributed by atoms with Crippen molar-refractivity contribution in [3.63, 3.8) is 0 Å². The molecule has 0 bridgehead atoms. The molecule has 82 valence electrons. The molecule has 1 heterocycles. The first kappa shape index (κ1) is 11.0. The van der Waals surface area contributed by atoms with E-state index in [1.54, 1.807) is 12.1 Å². The molecule has 2 aromatic rings. The van der Waals surface area contributed by atoms with Gasteiger partial charge in [-0.05, 0) is 24.1 Å². The van der Waals surface area contributed by atoms with Crippen LogP contribution in [0.5, 0.6) is 0 Å². The fraction of sp³-hybridized carbons (Fsp3) is 0.167. The minimum Gasteiger partial charge on any atom is -0.296 e. The number of halogens is 1. The van der Waals surface area contributed by atoms with Crippen LogP contribution in [-0.4, -0.2) is 11.3 Å². The first-order valence-electron chi connectivity index (χ1n) is 4.95. The number of carbonyl (C=O) groups excluding carboxylic acids is 1. The molecule has 0 saturated carbocycles. The highest BCUT2D eigenvalue weighted by atomic mass is 32.1. The number of aryl methyl sites for hydroxylation is 1. The summed E-state index contributed by atoms with van der Waals surface area (Å²) in [4.78, 5) is 15.9. The molecule has 16 heavy (non-hydrogen) atoms. The van der Waals surface area contributed by atoms with Gasteiger partial charge in [-0.1, -0.05) is 19.1 Å². The number of benzene rings is 1. The van der Waals surface area contributed by atoms with Crippen LogP contribution in [0.2, 0.25) is 0 Å². The van der Waals surface area contributed by atoms with Crippen LogP contribution >= 0.6 is 11.3 Å². The van der Waals surface area contributed by atoms with E-state index >= 15 is 0 Å². The van der Waals surface area contributed by atoms with Crippen molar-refractivity contribution < 1.29 is 9.18 Å². The summed E-state index contributed by atoms with van der Waals surface area (Å²) in [7, 11) is 0. The number of rotatable bonds is 3. The minimum absolute atomic E-state index is 0.281. The lowest BCUT2D eigenvalue weighted by atomic mass is 10.1. The molecule has 0 aliphatic rings. The highest BCUT2D eigenvalue weighted by Crippen LogP contribution is 2.29. The van der Waals surface area contributed by atoms with E-state index < -0.39 is 0 Å². The monoisotopic (exact) mass is 235 g/mol. The molecule has 0 unspecified atom stereocenters. The molecule has 0 radical (unpaired) electrons. The molecule has 4 heteroatoms. The lowest BCUT2D eigenvalue weighted by molar-refractivity contribution is 0.112. The van der Waals surface area contributed by atoms with Gasteiger partial charge in [-0.3, -0.25) is 4.79 Å². The predicted octanol–water partition coefficient (Wildman–Crippen LogP) is 3.32. The Balaban J connectivity index is 2.49. The van der Waals surface area contributed by atoms with Crippen molar-refractivity contribution >= 4 is 17.6 Å². The summed E-state index contributed by atoms with van der Waals surface area (Å²) in [6.45, 7) is 1.99. The molecule has 1 aromatic carbocycles. The molecule has 0 aliphatic carbocycles. The fourth-order valence-corrected chi connectivity index (χ4v) is 2.39. The molecule has 0 saturated heterocycles. The molecule has 1 aromatic heterocycles.